The van der Waals surface area contributed by atoms with Crippen molar-refractivity contribution in [2.45, 2.75) is 19.9 Å². The molecule has 3 rings (SSSR count). The highest BCUT2D eigenvalue weighted by molar-refractivity contribution is 9.10. The number of nitrogens with one attached hydrogen (secondary N) is 2. The number of rotatable bonds is 5. The lowest BCUT2D eigenvalue weighted by Crippen LogP contribution is -2.44. The van der Waals surface area contributed by atoms with E-state index in [-0.39, 0.29) is 11.6 Å². The van der Waals surface area contributed by atoms with E-state index in [0.717, 1.165) is 10.0 Å². The molecule has 154 valence electrons. The van der Waals surface area contributed by atoms with Gasteiger partial charge in [0.15, 0.2) is 6.61 Å². The molecular weight excluding hydrogens is 450 g/mol. The van der Waals surface area contributed by atoms with Gasteiger partial charge in [-0.05, 0) is 38.1 Å². The van der Waals surface area contributed by atoms with Crippen molar-refractivity contribution in [3.8, 4) is 11.3 Å². The van der Waals surface area contributed by atoms with E-state index in [1.165, 1.54) is 0 Å². The number of halogens is 1. The zero-order valence-electron chi connectivity index (χ0n) is 16.4. The maximum absolute atomic E-state index is 12.7. The van der Waals surface area contributed by atoms with Crippen LogP contribution in [0.5, 0.6) is 0 Å². The molecule has 0 bridgehead atoms. The van der Waals surface area contributed by atoms with Gasteiger partial charge in [-0.2, -0.15) is 0 Å². The predicted octanol–water partition coefficient (Wildman–Crippen LogP) is 4.06. The Bertz CT molecular complexity index is 1100. The Kier molecular flexibility index (Phi) is 6.79. The SMILES string of the molecule is CC(C)NC(=O)NC(=O)COC(=O)c1cc(-c2ccc(Br)cc2)nc2ccccc12. The number of nitrogens with zero attached hydrogens (tertiary/aromatic N) is 1. The summed E-state index contributed by atoms with van der Waals surface area (Å²) in [6.45, 7) is 2.96. The number of para-hydroxylation sites is 1. The summed E-state index contributed by atoms with van der Waals surface area (Å²) in [5.41, 5.74) is 2.36. The second-order valence-electron chi connectivity index (χ2n) is 6.83. The fraction of sp³-hybridized carbons (Fsp3) is 0.182. The van der Waals surface area contributed by atoms with Gasteiger partial charge < -0.3 is 10.1 Å². The monoisotopic (exact) mass is 469 g/mol. The molecule has 0 aliphatic heterocycles. The van der Waals surface area contributed by atoms with Gasteiger partial charge in [0.2, 0.25) is 0 Å². The average molecular weight is 470 g/mol. The van der Waals surface area contributed by atoms with Gasteiger partial charge in [0.25, 0.3) is 5.91 Å². The predicted molar refractivity (Wildman–Crippen MR) is 117 cm³/mol. The number of imide groups is 1. The Hall–Kier alpha value is -3.26. The molecule has 2 N–H and O–H groups in total. The standard InChI is InChI=1S/C22H20BrN3O4/c1-13(2)24-22(29)26-20(27)12-30-21(28)17-11-19(14-7-9-15(23)10-8-14)25-18-6-4-3-5-16(17)18/h3-11,13H,12H2,1-2H3,(H2,24,26,27,29). The highest BCUT2D eigenvalue weighted by Gasteiger charge is 2.17. The molecule has 7 nitrogen and oxygen atoms in total. The molecule has 0 unspecified atom stereocenters. The Morgan fingerprint density at radius 3 is 2.47 bits per heavy atom. The molecule has 0 aliphatic rings. The summed E-state index contributed by atoms with van der Waals surface area (Å²) in [5, 5.41) is 5.25. The summed E-state index contributed by atoms with van der Waals surface area (Å²) < 4.78 is 6.08. The summed E-state index contributed by atoms with van der Waals surface area (Å²) in [5.74, 6) is -1.39. The molecule has 0 saturated carbocycles. The molecule has 2 aromatic carbocycles. The fourth-order valence-corrected chi connectivity index (χ4v) is 3.05. The molecule has 1 heterocycles. The second-order valence-corrected chi connectivity index (χ2v) is 7.75. The lowest BCUT2D eigenvalue weighted by Gasteiger charge is -2.11. The number of ether oxygens (including phenoxy) is 1. The van der Waals surface area contributed by atoms with Gasteiger partial charge in [0, 0.05) is 21.5 Å². The number of hydrogen-bond acceptors (Lipinski definition) is 5. The van der Waals surface area contributed by atoms with Crippen LogP contribution in [0.25, 0.3) is 22.2 Å². The molecule has 0 atom stereocenters. The zero-order valence-corrected chi connectivity index (χ0v) is 18.0. The summed E-state index contributed by atoms with van der Waals surface area (Å²) in [7, 11) is 0. The Balaban J connectivity index is 1.82. The lowest BCUT2D eigenvalue weighted by atomic mass is 10.0. The first-order valence-electron chi connectivity index (χ1n) is 9.26. The first kappa shape index (κ1) is 21.4. The summed E-state index contributed by atoms with van der Waals surface area (Å²) in [4.78, 5) is 40.8. The minimum atomic E-state index is -0.715. The van der Waals surface area contributed by atoms with Crippen molar-refractivity contribution in [2.75, 3.05) is 6.61 Å². The van der Waals surface area contributed by atoms with Gasteiger partial charge in [0.05, 0.1) is 16.8 Å². The Labute approximate surface area is 182 Å². The van der Waals surface area contributed by atoms with Gasteiger partial charge in [-0.3, -0.25) is 10.1 Å². The number of pyridine rings is 1. The zero-order chi connectivity index (χ0) is 21.7. The third kappa shape index (κ3) is 5.42. The summed E-state index contributed by atoms with van der Waals surface area (Å²) in [6, 6.07) is 15.6. The molecule has 1 aromatic heterocycles. The second kappa shape index (κ2) is 9.49. The van der Waals surface area contributed by atoms with Crippen LogP contribution in [0.2, 0.25) is 0 Å². The van der Waals surface area contributed by atoms with Gasteiger partial charge >= 0.3 is 12.0 Å². The highest BCUT2D eigenvalue weighted by Crippen LogP contribution is 2.26. The van der Waals surface area contributed by atoms with Crippen LogP contribution in [0.4, 0.5) is 4.79 Å². The first-order valence-corrected chi connectivity index (χ1v) is 10.1. The quantitative estimate of drug-likeness (QED) is 0.549. The molecule has 3 aromatic rings. The number of hydrogen-bond donors (Lipinski definition) is 2. The largest absolute Gasteiger partial charge is 0.452 e. The van der Waals surface area contributed by atoms with E-state index in [1.54, 1.807) is 38.1 Å². The molecule has 0 radical (unpaired) electrons. The van der Waals surface area contributed by atoms with Crippen LogP contribution in [-0.4, -0.2) is 35.5 Å². The smallest absolute Gasteiger partial charge is 0.339 e. The molecule has 0 fully saturated rings. The number of fused-ring (bicyclic) bond motifs is 1. The van der Waals surface area contributed by atoms with E-state index in [2.05, 4.69) is 31.5 Å². The third-order valence-electron chi connectivity index (χ3n) is 4.08. The first-order chi connectivity index (χ1) is 14.3. The Morgan fingerprint density at radius 1 is 1.07 bits per heavy atom. The molecule has 0 aliphatic carbocycles. The third-order valence-corrected chi connectivity index (χ3v) is 4.61. The van der Waals surface area contributed by atoms with E-state index in [9.17, 15) is 14.4 Å². The molecule has 3 amide bonds. The molecule has 0 spiro atoms. The van der Waals surface area contributed by atoms with Crippen LogP contribution in [0.1, 0.15) is 24.2 Å². The van der Waals surface area contributed by atoms with E-state index in [4.69, 9.17) is 4.74 Å². The van der Waals surface area contributed by atoms with Crippen molar-refractivity contribution in [1.82, 2.24) is 15.6 Å². The van der Waals surface area contributed by atoms with Crippen LogP contribution < -0.4 is 10.6 Å². The van der Waals surface area contributed by atoms with E-state index in [1.807, 2.05) is 30.3 Å². The number of carbonyl (C=O) groups excluding carboxylic acids is 3. The summed E-state index contributed by atoms with van der Waals surface area (Å²) in [6.07, 6.45) is 0. The normalized spacial score (nSPS) is 10.7. The van der Waals surface area contributed by atoms with Crippen LogP contribution in [-0.2, 0) is 9.53 Å². The highest BCUT2D eigenvalue weighted by atomic mass is 79.9. The van der Waals surface area contributed by atoms with Crippen molar-refractivity contribution in [1.29, 1.82) is 0 Å². The molecule has 30 heavy (non-hydrogen) atoms. The van der Waals surface area contributed by atoms with Crippen molar-refractivity contribution in [3.63, 3.8) is 0 Å². The Morgan fingerprint density at radius 2 is 1.77 bits per heavy atom. The lowest BCUT2D eigenvalue weighted by molar-refractivity contribution is -0.123. The minimum Gasteiger partial charge on any atom is -0.452 e. The topological polar surface area (TPSA) is 97.4 Å². The molecule has 8 heteroatoms. The van der Waals surface area contributed by atoms with Gasteiger partial charge in [0.1, 0.15) is 0 Å². The van der Waals surface area contributed by atoms with Crippen LogP contribution in [0, 0.1) is 0 Å². The van der Waals surface area contributed by atoms with Crippen molar-refractivity contribution in [3.05, 3.63) is 64.6 Å². The maximum atomic E-state index is 12.7. The van der Waals surface area contributed by atoms with E-state index < -0.39 is 24.5 Å². The van der Waals surface area contributed by atoms with Gasteiger partial charge in [-0.25, -0.2) is 14.6 Å². The van der Waals surface area contributed by atoms with E-state index >= 15 is 0 Å². The number of esters is 1. The van der Waals surface area contributed by atoms with Gasteiger partial charge in [-0.1, -0.05) is 46.3 Å². The van der Waals surface area contributed by atoms with Crippen molar-refractivity contribution in [2.24, 2.45) is 0 Å². The van der Waals surface area contributed by atoms with Crippen LogP contribution in [0.15, 0.2) is 59.1 Å². The summed E-state index contributed by atoms with van der Waals surface area (Å²) >= 11 is 3.40. The molecule has 0 saturated heterocycles. The van der Waals surface area contributed by atoms with Crippen LogP contribution >= 0.6 is 15.9 Å². The fourth-order valence-electron chi connectivity index (χ4n) is 2.78. The number of aromatic nitrogens is 1. The molecular formula is C22H20BrN3O4. The number of benzene rings is 2. The number of carbonyl (C=O) groups is 3. The van der Waals surface area contributed by atoms with Crippen molar-refractivity contribution < 1.29 is 19.1 Å². The van der Waals surface area contributed by atoms with E-state index in [0.29, 0.717) is 16.6 Å². The maximum Gasteiger partial charge on any atom is 0.339 e. The van der Waals surface area contributed by atoms with Crippen LogP contribution in [0.3, 0.4) is 0 Å². The number of urea groups is 1. The average Bonchev–Trinajstić information content (AvgIpc) is 2.71. The number of amides is 3. The van der Waals surface area contributed by atoms with Gasteiger partial charge in [-0.15, -0.1) is 0 Å². The minimum absolute atomic E-state index is 0.124. The van der Waals surface area contributed by atoms with Crippen molar-refractivity contribution >= 4 is 44.7 Å².